The van der Waals surface area contributed by atoms with Crippen LogP contribution >= 0.6 is 0 Å². The molecular weight excluding hydrogens is 310 g/mol. The molecule has 24 heavy (non-hydrogen) atoms. The summed E-state index contributed by atoms with van der Waals surface area (Å²) in [6.45, 7) is 7.70. The third-order valence-corrected chi connectivity index (χ3v) is 3.55. The fourth-order valence-corrected chi connectivity index (χ4v) is 2.23. The minimum atomic E-state index is -0.826. The van der Waals surface area contributed by atoms with Crippen LogP contribution in [0.2, 0.25) is 0 Å². The van der Waals surface area contributed by atoms with E-state index >= 15 is 0 Å². The maximum absolute atomic E-state index is 12.3. The van der Waals surface area contributed by atoms with Crippen LogP contribution in [0.1, 0.15) is 27.7 Å². The molecule has 2 rings (SSSR count). The molecule has 1 aromatic carbocycles. The number of benzene rings is 1. The first-order valence-corrected chi connectivity index (χ1v) is 7.75. The van der Waals surface area contributed by atoms with Gasteiger partial charge in [-0.15, -0.1) is 0 Å². The zero-order valence-corrected chi connectivity index (χ0v) is 14.4. The second-order valence-electron chi connectivity index (χ2n) is 6.75. The van der Waals surface area contributed by atoms with Gasteiger partial charge < -0.3 is 19.5 Å². The van der Waals surface area contributed by atoms with E-state index in [-0.39, 0.29) is 5.91 Å². The SMILES string of the molecule is CC1(C)OCC(C)(C)[C@@H](C(=O)N/C=C/C(=O)Oc2ccccc2)O1. The van der Waals surface area contributed by atoms with Crippen molar-refractivity contribution in [1.29, 1.82) is 0 Å². The first-order valence-electron chi connectivity index (χ1n) is 7.75. The van der Waals surface area contributed by atoms with Crippen LogP contribution in [0.5, 0.6) is 5.75 Å². The second kappa shape index (κ2) is 7.15. The van der Waals surface area contributed by atoms with E-state index in [1.165, 1.54) is 6.20 Å². The molecule has 1 aliphatic heterocycles. The molecule has 6 nitrogen and oxygen atoms in total. The van der Waals surface area contributed by atoms with Crippen molar-refractivity contribution in [2.75, 3.05) is 6.61 Å². The molecule has 0 unspecified atom stereocenters. The second-order valence-corrected chi connectivity index (χ2v) is 6.75. The molecule has 1 fully saturated rings. The van der Waals surface area contributed by atoms with Gasteiger partial charge in [0, 0.05) is 17.7 Å². The smallest absolute Gasteiger partial charge is 0.337 e. The number of hydrogen-bond acceptors (Lipinski definition) is 5. The van der Waals surface area contributed by atoms with Gasteiger partial charge in [0.05, 0.1) is 6.61 Å². The van der Waals surface area contributed by atoms with E-state index in [9.17, 15) is 9.59 Å². The monoisotopic (exact) mass is 333 g/mol. The number of carbonyl (C=O) groups excluding carboxylic acids is 2. The predicted molar refractivity (Wildman–Crippen MR) is 88.0 cm³/mol. The van der Waals surface area contributed by atoms with Crippen molar-refractivity contribution >= 4 is 11.9 Å². The summed E-state index contributed by atoms with van der Waals surface area (Å²) in [5, 5.41) is 2.56. The summed E-state index contributed by atoms with van der Waals surface area (Å²) in [6, 6.07) is 8.70. The Hall–Kier alpha value is -2.18. The molecule has 0 bridgehead atoms. The number of ether oxygens (including phenoxy) is 3. The van der Waals surface area contributed by atoms with E-state index in [1.807, 2.05) is 19.9 Å². The first kappa shape index (κ1) is 18.2. The number of esters is 1. The van der Waals surface area contributed by atoms with E-state index in [0.29, 0.717) is 12.4 Å². The van der Waals surface area contributed by atoms with E-state index < -0.39 is 23.3 Å². The Labute approximate surface area is 141 Å². The minimum Gasteiger partial charge on any atom is -0.423 e. The normalized spacial score (nSPS) is 22.1. The Balaban J connectivity index is 1.90. The number of para-hydroxylation sites is 1. The molecule has 0 aliphatic carbocycles. The molecule has 0 saturated carbocycles. The van der Waals surface area contributed by atoms with Crippen LogP contribution in [0.4, 0.5) is 0 Å². The maximum Gasteiger partial charge on any atom is 0.337 e. The van der Waals surface area contributed by atoms with Crippen LogP contribution in [0.25, 0.3) is 0 Å². The number of carbonyl (C=O) groups is 2. The van der Waals surface area contributed by atoms with Gasteiger partial charge in [-0.05, 0) is 26.0 Å². The number of nitrogens with one attached hydrogen (secondary N) is 1. The standard InChI is InChI=1S/C18H23NO5/c1-17(2)12-22-18(3,4)24-15(17)16(21)19-11-10-14(20)23-13-8-6-5-7-9-13/h5-11,15H,12H2,1-4H3,(H,19,21)/b11-10+/t15-/m1/s1. The fraction of sp³-hybridized carbons (Fsp3) is 0.444. The van der Waals surface area contributed by atoms with E-state index in [0.717, 1.165) is 6.08 Å². The van der Waals surface area contributed by atoms with Crippen molar-refractivity contribution in [2.24, 2.45) is 5.41 Å². The van der Waals surface area contributed by atoms with Crippen molar-refractivity contribution in [3.8, 4) is 5.75 Å². The Morgan fingerprint density at radius 3 is 2.54 bits per heavy atom. The summed E-state index contributed by atoms with van der Waals surface area (Å²) >= 11 is 0. The Kier molecular flexibility index (Phi) is 5.41. The van der Waals surface area contributed by atoms with Crippen LogP contribution in [-0.2, 0) is 19.1 Å². The molecule has 6 heteroatoms. The highest BCUT2D eigenvalue weighted by Crippen LogP contribution is 2.34. The van der Waals surface area contributed by atoms with Crippen molar-refractivity contribution in [1.82, 2.24) is 5.32 Å². The van der Waals surface area contributed by atoms with Crippen LogP contribution < -0.4 is 10.1 Å². The Morgan fingerprint density at radius 1 is 1.21 bits per heavy atom. The van der Waals surface area contributed by atoms with Gasteiger partial charge in [0.1, 0.15) is 11.9 Å². The molecule has 130 valence electrons. The summed E-state index contributed by atoms with van der Waals surface area (Å²) in [4.78, 5) is 24.0. The average molecular weight is 333 g/mol. The lowest BCUT2D eigenvalue weighted by Gasteiger charge is -2.44. The minimum absolute atomic E-state index is 0.333. The average Bonchev–Trinajstić information content (AvgIpc) is 2.51. The van der Waals surface area contributed by atoms with E-state index in [4.69, 9.17) is 14.2 Å². The topological polar surface area (TPSA) is 73.9 Å². The van der Waals surface area contributed by atoms with Crippen molar-refractivity contribution < 1.29 is 23.8 Å². The number of rotatable bonds is 4. The van der Waals surface area contributed by atoms with Gasteiger partial charge >= 0.3 is 5.97 Å². The predicted octanol–water partition coefficient (Wildman–Crippen LogP) is 2.40. The maximum atomic E-state index is 12.3. The fourth-order valence-electron chi connectivity index (χ4n) is 2.23. The van der Waals surface area contributed by atoms with Gasteiger partial charge in [0.15, 0.2) is 5.79 Å². The molecule has 1 heterocycles. The molecule has 1 amide bonds. The number of amides is 1. The lowest BCUT2D eigenvalue weighted by Crippen LogP contribution is -2.55. The largest absolute Gasteiger partial charge is 0.423 e. The molecule has 1 saturated heterocycles. The highest BCUT2D eigenvalue weighted by molar-refractivity contribution is 5.86. The van der Waals surface area contributed by atoms with Gasteiger partial charge in [0.2, 0.25) is 0 Å². The molecular formula is C18H23NO5. The van der Waals surface area contributed by atoms with Crippen LogP contribution in [0, 0.1) is 5.41 Å². The van der Waals surface area contributed by atoms with Crippen molar-refractivity contribution in [3.63, 3.8) is 0 Å². The summed E-state index contributed by atoms with van der Waals surface area (Å²) in [5.41, 5.74) is -0.474. The quantitative estimate of drug-likeness (QED) is 0.520. The van der Waals surface area contributed by atoms with Gasteiger partial charge in [-0.3, -0.25) is 4.79 Å². The molecule has 0 radical (unpaired) electrons. The van der Waals surface area contributed by atoms with Crippen molar-refractivity contribution in [3.05, 3.63) is 42.6 Å². The molecule has 1 N–H and O–H groups in total. The van der Waals surface area contributed by atoms with Crippen LogP contribution in [0.3, 0.4) is 0 Å². The first-order chi connectivity index (χ1) is 11.2. The molecule has 0 aromatic heterocycles. The summed E-state index contributed by atoms with van der Waals surface area (Å²) in [6.07, 6.45) is 1.73. The van der Waals surface area contributed by atoms with Gasteiger partial charge in [-0.1, -0.05) is 32.0 Å². The van der Waals surface area contributed by atoms with Gasteiger partial charge in [0.25, 0.3) is 5.91 Å². The van der Waals surface area contributed by atoms with Crippen LogP contribution in [0.15, 0.2) is 42.6 Å². The lowest BCUT2D eigenvalue weighted by molar-refractivity contribution is -0.303. The summed E-state index contributed by atoms with van der Waals surface area (Å²) < 4.78 is 16.4. The van der Waals surface area contributed by atoms with E-state index in [1.54, 1.807) is 38.1 Å². The summed E-state index contributed by atoms with van der Waals surface area (Å²) in [5.74, 6) is -1.30. The highest BCUT2D eigenvalue weighted by atomic mass is 16.7. The summed E-state index contributed by atoms with van der Waals surface area (Å²) in [7, 11) is 0. The molecule has 1 aromatic rings. The zero-order valence-electron chi connectivity index (χ0n) is 14.4. The Morgan fingerprint density at radius 2 is 1.88 bits per heavy atom. The molecule has 1 atom stereocenters. The van der Waals surface area contributed by atoms with Crippen molar-refractivity contribution in [2.45, 2.75) is 39.6 Å². The van der Waals surface area contributed by atoms with Crippen LogP contribution in [-0.4, -0.2) is 30.4 Å². The lowest BCUT2D eigenvalue weighted by atomic mass is 9.85. The highest BCUT2D eigenvalue weighted by Gasteiger charge is 2.45. The van der Waals surface area contributed by atoms with E-state index in [2.05, 4.69) is 5.32 Å². The molecule has 1 aliphatic rings. The molecule has 0 spiro atoms. The van der Waals surface area contributed by atoms with Gasteiger partial charge in [-0.2, -0.15) is 0 Å². The third kappa shape index (κ3) is 4.91. The third-order valence-electron chi connectivity index (χ3n) is 3.55. The Bertz CT molecular complexity index is 622. The number of hydrogen-bond donors (Lipinski definition) is 1. The van der Waals surface area contributed by atoms with Gasteiger partial charge in [-0.25, -0.2) is 4.79 Å². The zero-order chi connectivity index (χ0) is 17.8.